The molecule has 0 saturated heterocycles. The average molecular weight is 190 g/mol. The van der Waals surface area contributed by atoms with Crippen LogP contribution in [0.1, 0.15) is 17.9 Å². The quantitative estimate of drug-likeness (QED) is 0.744. The van der Waals surface area contributed by atoms with Crippen molar-refractivity contribution in [3.05, 3.63) is 23.8 Å². The molecule has 1 rings (SSSR count). The first-order chi connectivity index (χ1) is 6.72. The zero-order valence-electron chi connectivity index (χ0n) is 7.82. The van der Waals surface area contributed by atoms with Crippen molar-refractivity contribution in [2.45, 2.75) is 19.9 Å². The molecule has 72 valence electrons. The Morgan fingerprint density at radius 1 is 1.71 bits per heavy atom. The standard InChI is InChI=1S/C9H10N4O/c1-7-11-5-3-8(13-7)6-12-9(14)2-4-10/h3,5H,2,6H2,1H3,(H,12,14). The van der Waals surface area contributed by atoms with Gasteiger partial charge in [0.25, 0.3) is 0 Å². The van der Waals surface area contributed by atoms with Crippen LogP contribution in [0.15, 0.2) is 12.3 Å². The monoisotopic (exact) mass is 190 g/mol. The minimum Gasteiger partial charge on any atom is -0.350 e. The van der Waals surface area contributed by atoms with E-state index in [9.17, 15) is 4.79 Å². The first kappa shape index (κ1) is 10.1. The zero-order chi connectivity index (χ0) is 10.4. The van der Waals surface area contributed by atoms with Crippen LogP contribution in [0.2, 0.25) is 0 Å². The number of rotatable bonds is 3. The van der Waals surface area contributed by atoms with E-state index in [4.69, 9.17) is 5.26 Å². The molecule has 0 aliphatic rings. The van der Waals surface area contributed by atoms with Crippen LogP contribution in [0, 0.1) is 18.3 Å². The van der Waals surface area contributed by atoms with E-state index in [1.807, 2.05) is 0 Å². The number of carbonyl (C=O) groups is 1. The molecule has 0 spiro atoms. The van der Waals surface area contributed by atoms with Gasteiger partial charge in [-0.25, -0.2) is 9.97 Å². The van der Waals surface area contributed by atoms with Gasteiger partial charge in [-0.1, -0.05) is 0 Å². The molecule has 1 N–H and O–H groups in total. The van der Waals surface area contributed by atoms with Crippen LogP contribution in [0.3, 0.4) is 0 Å². The molecule has 0 fully saturated rings. The summed E-state index contributed by atoms with van der Waals surface area (Å²) in [6.45, 7) is 2.12. The molecule has 0 saturated carbocycles. The first-order valence-corrected chi connectivity index (χ1v) is 4.14. The molecule has 0 aliphatic carbocycles. The van der Waals surface area contributed by atoms with Crippen LogP contribution >= 0.6 is 0 Å². The second-order valence-corrected chi connectivity index (χ2v) is 2.71. The van der Waals surface area contributed by atoms with Gasteiger partial charge in [0.15, 0.2) is 0 Å². The van der Waals surface area contributed by atoms with Crippen molar-refractivity contribution in [1.82, 2.24) is 15.3 Å². The zero-order valence-corrected chi connectivity index (χ0v) is 7.82. The number of amides is 1. The van der Waals surface area contributed by atoms with E-state index in [-0.39, 0.29) is 12.3 Å². The largest absolute Gasteiger partial charge is 0.350 e. The summed E-state index contributed by atoms with van der Waals surface area (Å²) < 4.78 is 0. The Morgan fingerprint density at radius 3 is 3.14 bits per heavy atom. The highest BCUT2D eigenvalue weighted by molar-refractivity contribution is 5.77. The van der Waals surface area contributed by atoms with E-state index in [1.54, 1.807) is 25.3 Å². The van der Waals surface area contributed by atoms with Gasteiger partial charge in [-0.15, -0.1) is 0 Å². The molecule has 0 radical (unpaired) electrons. The molecule has 0 unspecified atom stereocenters. The van der Waals surface area contributed by atoms with Gasteiger partial charge in [0, 0.05) is 6.20 Å². The maximum absolute atomic E-state index is 10.9. The van der Waals surface area contributed by atoms with Crippen molar-refractivity contribution in [3.8, 4) is 6.07 Å². The number of aryl methyl sites for hydroxylation is 1. The van der Waals surface area contributed by atoms with Gasteiger partial charge in [-0.3, -0.25) is 4.79 Å². The molecular formula is C9H10N4O. The van der Waals surface area contributed by atoms with Crippen LogP contribution in [0.25, 0.3) is 0 Å². The lowest BCUT2D eigenvalue weighted by Crippen LogP contribution is -2.22. The lowest BCUT2D eigenvalue weighted by molar-refractivity contribution is -0.120. The third kappa shape index (κ3) is 3.19. The molecule has 0 atom stereocenters. The van der Waals surface area contributed by atoms with Gasteiger partial charge in [0.2, 0.25) is 5.91 Å². The predicted octanol–water partition coefficient (Wildman–Crippen LogP) is 0.315. The Bertz CT molecular complexity index is 369. The molecule has 0 aliphatic heterocycles. The van der Waals surface area contributed by atoms with Crippen LogP contribution < -0.4 is 5.32 Å². The van der Waals surface area contributed by atoms with Gasteiger partial charge >= 0.3 is 0 Å². The molecule has 0 aromatic carbocycles. The average Bonchev–Trinajstić information content (AvgIpc) is 2.15. The van der Waals surface area contributed by atoms with Gasteiger partial charge in [-0.2, -0.15) is 5.26 Å². The van der Waals surface area contributed by atoms with E-state index in [0.29, 0.717) is 12.4 Å². The van der Waals surface area contributed by atoms with Crippen molar-refractivity contribution in [2.75, 3.05) is 0 Å². The summed E-state index contributed by atoms with van der Waals surface area (Å²) in [5.74, 6) is 0.376. The normalized spacial score (nSPS) is 9.14. The summed E-state index contributed by atoms with van der Waals surface area (Å²) in [6.07, 6.45) is 1.51. The van der Waals surface area contributed by atoms with Crippen molar-refractivity contribution in [2.24, 2.45) is 0 Å². The number of aromatic nitrogens is 2. The van der Waals surface area contributed by atoms with Crippen molar-refractivity contribution < 1.29 is 4.79 Å². The Hall–Kier alpha value is -1.96. The summed E-state index contributed by atoms with van der Waals surface area (Å²) in [5, 5.41) is 10.8. The van der Waals surface area contributed by atoms with Gasteiger partial charge in [0.1, 0.15) is 12.2 Å². The summed E-state index contributed by atoms with van der Waals surface area (Å²) in [6, 6.07) is 3.49. The number of nitrogens with zero attached hydrogens (tertiary/aromatic N) is 3. The fourth-order valence-electron chi connectivity index (χ4n) is 0.927. The Morgan fingerprint density at radius 2 is 2.50 bits per heavy atom. The summed E-state index contributed by atoms with van der Waals surface area (Å²) >= 11 is 0. The van der Waals surface area contributed by atoms with E-state index in [1.165, 1.54) is 0 Å². The van der Waals surface area contributed by atoms with Crippen LogP contribution in [0.5, 0.6) is 0 Å². The third-order valence-corrected chi connectivity index (χ3v) is 1.54. The van der Waals surface area contributed by atoms with Crippen LogP contribution in [0.4, 0.5) is 0 Å². The number of nitrogens with one attached hydrogen (secondary N) is 1. The SMILES string of the molecule is Cc1nccc(CNC(=O)CC#N)n1. The molecule has 1 heterocycles. The lowest BCUT2D eigenvalue weighted by Gasteiger charge is -2.02. The van der Waals surface area contributed by atoms with Crippen LogP contribution in [-0.2, 0) is 11.3 Å². The van der Waals surface area contributed by atoms with E-state index in [2.05, 4.69) is 15.3 Å². The molecule has 5 heteroatoms. The molecule has 5 nitrogen and oxygen atoms in total. The number of nitriles is 1. The molecule has 14 heavy (non-hydrogen) atoms. The highest BCUT2D eigenvalue weighted by atomic mass is 16.1. The highest BCUT2D eigenvalue weighted by Gasteiger charge is 2.00. The van der Waals surface area contributed by atoms with Crippen LogP contribution in [-0.4, -0.2) is 15.9 Å². The van der Waals surface area contributed by atoms with E-state index >= 15 is 0 Å². The molecule has 1 aromatic rings. The Balaban J connectivity index is 2.46. The second kappa shape index (κ2) is 4.92. The van der Waals surface area contributed by atoms with Crippen molar-refractivity contribution in [3.63, 3.8) is 0 Å². The lowest BCUT2D eigenvalue weighted by atomic mass is 10.3. The smallest absolute Gasteiger partial charge is 0.234 e. The fraction of sp³-hybridized carbons (Fsp3) is 0.333. The van der Waals surface area contributed by atoms with E-state index in [0.717, 1.165) is 5.69 Å². The fourth-order valence-corrected chi connectivity index (χ4v) is 0.927. The van der Waals surface area contributed by atoms with Gasteiger partial charge < -0.3 is 5.32 Å². The summed E-state index contributed by atoms with van der Waals surface area (Å²) in [5.41, 5.74) is 0.740. The molecule has 0 bridgehead atoms. The second-order valence-electron chi connectivity index (χ2n) is 2.71. The molecule has 1 amide bonds. The minimum absolute atomic E-state index is 0.121. The van der Waals surface area contributed by atoms with Crippen molar-refractivity contribution in [1.29, 1.82) is 5.26 Å². The summed E-state index contributed by atoms with van der Waals surface area (Å²) in [7, 11) is 0. The Labute approximate surface area is 81.8 Å². The van der Waals surface area contributed by atoms with Gasteiger partial charge in [-0.05, 0) is 13.0 Å². The first-order valence-electron chi connectivity index (χ1n) is 4.14. The Kier molecular flexibility index (Phi) is 3.56. The molecule has 1 aromatic heterocycles. The molecular weight excluding hydrogens is 180 g/mol. The number of hydrogen-bond acceptors (Lipinski definition) is 4. The maximum atomic E-state index is 10.9. The number of carbonyl (C=O) groups excluding carboxylic acids is 1. The van der Waals surface area contributed by atoms with Gasteiger partial charge in [0.05, 0.1) is 18.3 Å². The minimum atomic E-state index is -0.288. The highest BCUT2D eigenvalue weighted by Crippen LogP contribution is 1.93. The predicted molar refractivity (Wildman–Crippen MR) is 48.8 cm³/mol. The van der Waals surface area contributed by atoms with E-state index < -0.39 is 0 Å². The number of hydrogen-bond donors (Lipinski definition) is 1. The summed E-state index contributed by atoms with van der Waals surface area (Å²) in [4.78, 5) is 18.9. The van der Waals surface area contributed by atoms with Crippen molar-refractivity contribution >= 4 is 5.91 Å². The maximum Gasteiger partial charge on any atom is 0.234 e. The topological polar surface area (TPSA) is 78.7 Å². The third-order valence-electron chi connectivity index (χ3n) is 1.54.